The number of hydrogen-bond acceptors (Lipinski definition) is 3. The Morgan fingerprint density at radius 1 is 1.20 bits per heavy atom. The lowest BCUT2D eigenvalue weighted by molar-refractivity contribution is -0.136. The predicted octanol–water partition coefficient (Wildman–Crippen LogP) is 2.71. The van der Waals surface area contributed by atoms with Gasteiger partial charge >= 0.3 is 5.97 Å². The summed E-state index contributed by atoms with van der Waals surface area (Å²) in [5, 5.41) is 8.81. The Morgan fingerprint density at radius 2 is 1.90 bits per heavy atom. The summed E-state index contributed by atoms with van der Waals surface area (Å²) < 4.78 is 5.20. The third-order valence-electron chi connectivity index (χ3n) is 2.92. The van der Waals surface area contributed by atoms with Crippen molar-refractivity contribution in [3.8, 4) is 0 Å². The van der Waals surface area contributed by atoms with Gasteiger partial charge in [0.25, 0.3) is 5.91 Å². The highest BCUT2D eigenvalue weighted by atomic mass is 16.4. The second-order valence-corrected chi connectivity index (χ2v) is 4.37. The molecule has 0 aliphatic heterocycles. The number of benzene rings is 1. The Labute approximate surface area is 116 Å². The van der Waals surface area contributed by atoms with E-state index < -0.39 is 5.97 Å². The van der Waals surface area contributed by atoms with Crippen molar-refractivity contribution in [2.75, 3.05) is 11.4 Å². The van der Waals surface area contributed by atoms with E-state index in [4.69, 9.17) is 9.52 Å². The molecule has 5 nitrogen and oxygen atoms in total. The maximum Gasteiger partial charge on any atom is 0.305 e. The summed E-state index contributed by atoms with van der Waals surface area (Å²) in [6.07, 6.45) is 1.32. The van der Waals surface area contributed by atoms with Crippen molar-refractivity contribution in [3.05, 3.63) is 54.0 Å². The van der Waals surface area contributed by atoms with Gasteiger partial charge in [-0.1, -0.05) is 18.2 Å². The average Bonchev–Trinajstić information content (AvgIpc) is 2.86. The number of aryl methyl sites for hydroxylation is 1. The standard InChI is InChI=1S/C15H15NO4/c1-11-8-10-20-14(11)15(19)16(9-7-13(17)18)12-5-3-2-4-6-12/h2-6,8,10H,7,9H2,1H3,(H,17,18). The van der Waals surface area contributed by atoms with Crippen molar-refractivity contribution < 1.29 is 19.1 Å². The molecule has 0 bridgehead atoms. The quantitative estimate of drug-likeness (QED) is 0.909. The average molecular weight is 273 g/mol. The lowest BCUT2D eigenvalue weighted by Crippen LogP contribution is -2.33. The zero-order chi connectivity index (χ0) is 14.5. The molecule has 0 spiro atoms. The lowest BCUT2D eigenvalue weighted by Gasteiger charge is -2.21. The van der Waals surface area contributed by atoms with Gasteiger partial charge in [-0.3, -0.25) is 9.59 Å². The van der Waals surface area contributed by atoms with Gasteiger partial charge in [-0.2, -0.15) is 0 Å². The Kier molecular flexibility index (Phi) is 4.20. The van der Waals surface area contributed by atoms with Gasteiger partial charge in [0.1, 0.15) is 0 Å². The summed E-state index contributed by atoms with van der Waals surface area (Å²) in [4.78, 5) is 24.6. The number of amides is 1. The second-order valence-electron chi connectivity index (χ2n) is 4.37. The van der Waals surface area contributed by atoms with Gasteiger partial charge in [-0.25, -0.2) is 0 Å². The summed E-state index contributed by atoms with van der Waals surface area (Å²) in [6, 6.07) is 10.7. The molecule has 0 aliphatic rings. The molecule has 0 radical (unpaired) electrons. The maximum atomic E-state index is 12.5. The van der Waals surface area contributed by atoms with Gasteiger partial charge in [0.2, 0.25) is 0 Å². The van der Waals surface area contributed by atoms with Crippen LogP contribution in [0.1, 0.15) is 22.5 Å². The number of hydrogen-bond donors (Lipinski definition) is 1. The topological polar surface area (TPSA) is 70.8 Å². The molecular formula is C15H15NO4. The van der Waals surface area contributed by atoms with Crippen molar-refractivity contribution >= 4 is 17.6 Å². The molecule has 104 valence electrons. The zero-order valence-corrected chi connectivity index (χ0v) is 11.1. The van der Waals surface area contributed by atoms with Crippen LogP contribution in [0.15, 0.2) is 47.1 Å². The molecule has 1 heterocycles. The van der Waals surface area contributed by atoms with Crippen LogP contribution in [-0.4, -0.2) is 23.5 Å². The molecule has 1 amide bonds. The molecule has 20 heavy (non-hydrogen) atoms. The van der Waals surface area contributed by atoms with Crippen LogP contribution in [0.3, 0.4) is 0 Å². The third kappa shape index (κ3) is 3.06. The molecule has 0 fully saturated rings. The van der Waals surface area contributed by atoms with Crippen LogP contribution in [0.2, 0.25) is 0 Å². The molecular weight excluding hydrogens is 258 g/mol. The van der Waals surface area contributed by atoms with Crippen LogP contribution < -0.4 is 4.90 Å². The van der Waals surface area contributed by atoms with Crippen molar-refractivity contribution in [1.82, 2.24) is 0 Å². The third-order valence-corrected chi connectivity index (χ3v) is 2.92. The minimum atomic E-state index is -0.949. The van der Waals surface area contributed by atoms with Gasteiger partial charge in [0, 0.05) is 17.8 Å². The van der Waals surface area contributed by atoms with E-state index in [0.717, 1.165) is 5.56 Å². The fraction of sp³-hybridized carbons (Fsp3) is 0.200. The number of aliphatic carboxylic acids is 1. The summed E-state index contributed by atoms with van der Waals surface area (Å²) in [5.74, 6) is -1.05. The first kappa shape index (κ1) is 13.9. The van der Waals surface area contributed by atoms with Crippen molar-refractivity contribution in [2.45, 2.75) is 13.3 Å². The number of carboxylic acids is 1. The van der Waals surface area contributed by atoms with Gasteiger partial charge in [0.15, 0.2) is 5.76 Å². The van der Waals surface area contributed by atoms with E-state index in [9.17, 15) is 9.59 Å². The van der Waals surface area contributed by atoms with Crippen molar-refractivity contribution in [2.24, 2.45) is 0 Å². The molecule has 2 aromatic rings. The van der Waals surface area contributed by atoms with E-state index in [-0.39, 0.29) is 24.6 Å². The van der Waals surface area contributed by atoms with E-state index in [1.54, 1.807) is 37.3 Å². The van der Waals surface area contributed by atoms with Crippen LogP contribution >= 0.6 is 0 Å². The smallest absolute Gasteiger partial charge is 0.305 e. The van der Waals surface area contributed by atoms with Crippen molar-refractivity contribution in [3.63, 3.8) is 0 Å². The van der Waals surface area contributed by atoms with Gasteiger partial charge < -0.3 is 14.4 Å². The SMILES string of the molecule is Cc1ccoc1C(=O)N(CCC(=O)O)c1ccccc1. The summed E-state index contributed by atoms with van der Waals surface area (Å²) in [7, 11) is 0. The molecule has 0 unspecified atom stereocenters. The number of carbonyl (C=O) groups is 2. The minimum Gasteiger partial charge on any atom is -0.481 e. The van der Waals surface area contributed by atoms with Crippen molar-refractivity contribution in [1.29, 1.82) is 0 Å². The van der Waals surface area contributed by atoms with E-state index in [2.05, 4.69) is 0 Å². The summed E-state index contributed by atoms with van der Waals surface area (Å²) in [5.41, 5.74) is 1.38. The number of furan rings is 1. The first-order chi connectivity index (χ1) is 9.59. The minimum absolute atomic E-state index is 0.0956. The number of anilines is 1. The Bertz CT molecular complexity index is 603. The fourth-order valence-electron chi connectivity index (χ4n) is 1.88. The predicted molar refractivity (Wildman–Crippen MR) is 73.8 cm³/mol. The van der Waals surface area contributed by atoms with Gasteiger partial charge in [0.05, 0.1) is 12.7 Å². The number of para-hydroxylation sites is 1. The van der Waals surface area contributed by atoms with E-state index >= 15 is 0 Å². The number of carbonyl (C=O) groups excluding carboxylic acids is 1. The molecule has 0 saturated heterocycles. The van der Waals surface area contributed by atoms with Crippen LogP contribution in [0.5, 0.6) is 0 Å². The first-order valence-electron chi connectivity index (χ1n) is 6.22. The molecule has 1 N–H and O–H groups in total. The van der Waals surface area contributed by atoms with E-state index in [0.29, 0.717) is 5.69 Å². The van der Waals surface area contributed by atoms with Crippen LogP contribution in [0.4, 0.5) is 5.69 Å². The Morgan fingerprint density at radius 3 is 2.45 bits per heavy atom. The van der Waals surface area contributed by atoms with E-state index in [1.165, 1.54) is 11.2 Å². The highest BCUT2D eigenvalue weighted by Gasteiger charge is 2.22. The fourth-order valence-corrected chi connectivity index (χ4v) is 1.88. The highest BCUT2D eigenvalue weighted by Crippen LogP contribution is 2.19. The zero-order valence-electron chi connectivity index (χ0n) is 11.1. The van der Waals surface area contributed by atoms with Crippen LogP contribution in [0.25, 0.3) is 0 Å². The Hall–Kier alpha value is -2.56. The molecule has 2 rings (SSSR count). The van der Waals surface area contributed by atoms with Crippen LogP contribution in [-0.2, 0) is 4.79 Å². The molecule has 1 aromatic carbocycles. The molecule has 0 atom stereocenters. The van der Waals surface area contributed by atoms with Gasteiger partial charge in [-0.05, 0) is 25.1 Å². The van der Waals surface area contributed by atoms with E-state index in [1.807, 2.05) is 6.07 Å². The number of nitrogens with zero attached hydrogens (tertiary/aromatic N) is 1. The number of rotatable bonds is 5. The Balaban J connectivity index is 2.29. The molecule has 0 saturated carbocycles. The van der Waals surface area contributed by atoms with Crippen LogP contribution in [0, 0.1) is 6.92 Å². The monoisotopic (exact) mass is 273 g/mol. The molecule has 5 heteroatoms. The van der Waals surface area contributed by atoms with Gasteiger partial charge in [-0.15, -0.1) is 0 Å². The maximum absolute atomic E-state index is 12.5. The lowest BCUT2D eigenvalue weighted by atomic mass is 10.2. The second kappa shape index (κ2) is 6.06. The highest BCUT2D eigenvalue weighted by molar-refractivity contribution is 6.05. The summed E-state index contributed by atoms with van der Waals surface area (Å²) in [6.45, 7) is 1.87. The molecule has 1 aromatic heterocycles. The largest absolute Gasteiger partial charge is 0.481 e. The summed E-state index contributed by atoms with van der Waals surface area (Å²) >= 11 is 0. The first-order valence-corrected chi connectivity index (χ1v) is 6.22. The number of carboxylic acid groups (broad SMARTS) is 1. The normalized spacial score (nSPS) is 10.2. The molecule has 0 aliphatic carbocycles.